The maximum Gasteiger partial charge on any atom is 0.329 e. The van der Waals surface area contributed by atoms with E-state index in [4.69, 9.17) is 4.74 Å². The minimum atomic E-state index is -0.201. The summed E-state index contributed by atoms with van der Waals surface area (Å²) in [5.74, 6) is 0.579. The zero-order valence-electron chi connectivity index (χ0n) is 17.4. The molecule has 7 nitrogen and oxygen atoms in total. The molecule has 0 fully saturated rings. The first kappa shape index (κ1) is 20.7. The van der Waals surface area contributed by atoms with Gasteiger partial charge in [0.15, 0.2) is 0 Å². The van der Waals surface area contributed by atoms with Crippen molar-refractivity contribution >= 4 is 16.9 Å². The summed E-state index contributed by atoms with van der Waals surface area (Å²) >= 11 is 0. The topological polar surface area (TPSA) is 68.5 Å². The van der Waals surface area contributed by atoms with Crippen LogP contribution in [0.15, 0.2) is 53.3 Å². The molecule has 0 spiro atoms. The molecular weight excluding hydrogens is 368 g/mol. The fourth-order valence-corrected chi connectivity index (χ4v) is 3.65. The van der Waals surface area contributed by atoms with E-state index in [0.29, 0.717) is 13.1 Å². The Morgan fingerprint density at radius 2 is 1.69 bits per heavy atom. The van der Waals surface area contributed by atoms with Crippen LogP contribution in [0.1, 0.15) is 18.5 Å². The monoisotopic (exact) mass is 396 g/mol. The van der Waals surface area contributed by atoms with Crippen molar-refractivity contribution in [3.8, 4) is 5.75 Å². The van der Waals surface area contributed by atoms with E-state index in [1.165, 1.54) is 4.57 Å². The molecule has 29 heavy (non-hydrogen) atoms. The average molecular weight is 396 g/mol. The van der Waals surface area contributed by atoms with Crippen molar-refractivity contribution < 1.29 is 9.53 Å². The van der Waals surface area contributed by atoms with E-state index in [1.807, 2.05) is 74.4 Å². The van der Waals surface area contributed by atoms with Crippen molar-refractivity contribution in [3.05, 3.63) is 64.6 Å². The Hall–Kier alpha value is -3.06. The van der Waals surface area contributed by atoms with Gasteiger partial charge < -0.3 is 15.0 Å². The summed E-state index contributed by atoms with van der Waals surface area (Å²) in [6.07, 6.45) is 0. The van der Waals surface area contributed by atoms with Crippen LogP contribution in [0.3, 0.4) is 0 Å². The van der Waals surface area contributed by atoms with Gasteiger partial charge in [0.2, 0.25) is 5.91 Å². The number of hydrogen-bond donors (Lipinski definition) is 1. The highest BCUT2D eigenvalue weighted by molar-refractivity contribution is 5.81. The minimum Gasteiger partial charge on any atom is -0.496 e. The molecule has 154 valence electrons. The SMILES string of the molecule is CCn1c(=O)n(CC(=O)NCC(c2ccccc2OC)N(C)C)c2ccccc21. The van der Waals surface area contributed by atoms with E-state index in [0.717, 1.165) is 22.3 Å². The quantitative estimate of drug-likeness (QED) is 0.634. The van der Waals surface area contributed by atoms with E-state index < -0.39 is 0 Å². The molecule has 0 aliphatic rings. The number of carbonyl (C=O) groups is 1. The Morgan fingerprint density at radius 1 is 1.07 bits per heavy atom. The van der Waals surface area contributed by atoms with E-state index in [-0.39, 0.29) is 24.2 Å². The standard InChI is InChI=1S/C22H28N4O3/c1-5-25-17-11-7-8-12-18(17)26(22(25)28)15-21(27)23-14-19(24(2)3)16-10-6-9-13-20(16)29-4/h6-13,19H,5,14-15H2,1-4H3,(H,23,27). The van der Waals surface area contributed by atoms with Crippen molar-refractivity contribution in [2.75, 3.05) is 27.7 Å². The van der Waals surface area contributed by atoms with Crippen LogP contribution in [0.4, 0.5) is 0 Å². The highest BCUT2D eigenvalue weighted by atomic mass is 16.5. The number of ether oxygens (including phenoxy) is 1. The number of aromatic nitrogens is 2. The number of carbonyl (C=O) groups excluding carboxylic acids is 1. The van der Waals surface area contributed by atoms with Gasteiger partial charge >= 0.3 is 5.69 Å². The lowest BCUT2D eigenvalue weighted by Crippen LogP contribution is -2.38. The van der Waals surface area contributed by atoms with Crippen LogP contribution in [0.2, 0.25) is 0 Å². The molecule has 0 aliphatic heterocycles. The lowest BCUT2D eigenvalue weighted by molar-refractivity contribution is -0.121. The summed E-state index contributed by atoms with van der Waals surface area (Å²) in [7, 11) is 5.56. The number of nitrogens with one attached hydrogen (secondary N) is 1. The fourth-order valence-electron chi connectivity index (χ4n) is 3.65. The Bertz CT molecular complexity index is 1050. The zero-order chi connectivity index (χ0) is 21.0. The van der Waals surface area contributed by atoms with Gasteiger partial charge in [-0.05, 0) is 39.2 Å². The molecular formula is C22H28N4O3. The second kappa shape index (κ2) is 8.96. The summed E-state index contributed by atoms with van der Waals surface area (Å²) in [5.41, 5.74) is 2.44. The highest BCUT2D eigenvalue weighted by Gasteiger charge is 2.20. The number of nitrogens with zero attached hydrogens (tertiary/aromatic N) is 3. The molecule has 0 bridgehead atoms. The number of hydrogen-bond acceptors (Lipinski definition) is 4. The van der Waals surface area contributed by atoms with Gasteiger partial charge in [0.1, 0.15) is 12.3 Å². The zero-order valence-corrected chi connectivity index (χ0v) is 17.4. The summed E-state index contributed by atoms with van der Waals surface area (Å²) in [6, 6.07) is 15.3. The first-order valence-electron chi connectivity index (χ1n) is 9.72. The second-order valence-electron chi connectivity index (χ2n) is 7.13. The summed E-state index contributed by atoms with van der Waals surface area (Å²) in [5, 5.41) is 2.98. The number of fused-ring (bicyclic) bond motifs is 1. The number of para-hydroxylation sites is 3. The molecule has 7 heteroatoms. The molecule has 0 saturated carbocycles. The van der Waals surface area contributed by atoms with Crippen LogP contribution in [0.25, 0.3) is 11.0 Å². The van der Waals surface area contributed by atoms with Crippen LogP contribution < -0.4 is 15.7 Å². The number of methoxy groups -OCH3 is 1. The first-order chi connectivity index (χ1) is 14.0. The lowest BCUT2D eigenvalue weighted by atomic mass is 10.0. The third-order valence-electron chi connectivity index (χ3n) is 5.16. The number of aryl methyl sites for hydroxylation is 1. The maximum atomic E-state index is 12.7. The molecule has 1 heterocycles. The molecule has 0 radical (unpaired) electrons. The first-order valence-corrected chi connectivity index (χ1v) is 9.72. The van der Waals surface area contributed by atoms with Crippen LogP contribution in [0, 0.1) is 0 Å². The average Bonchev–Trinajstić information content (AvgIpc) is 2.99. The van der Waals surface area contributed by atoms with Crippen LogP contribution >= 0.6 is 0 Å². The molecule has 1 atom stereocenters. The lowest BCUT2D eigenvalue weighted by Gasteiger charge is -2.26. The van der Waals surface area contributed by atoms with E-state index >= 15 is 0 Å². The highest BCUT2D eigenvalue weighted by Crippen LogP contribution is 2.27. The molecule has 3 rings (SSSR count). The number of amides is 1. The third-order valence-corrected chi connectivity index (χ3v) is 5.16. The second-order valence-corrected chi connectivity index (χ2v) is 7.13. The Labute approximate surface area is 170 Å². The largest absolute Gasteiger partial charge is 0.496 e. The van der Waals surface area contributed by atoms with Crippen molar-refractivity contribution in [3.63, 3.8) is 0 Å². The van der Waals surface area contributed by atoms with Gasteiger partial charge in [0.25, 0.3) is 0 Å². The molecule has 1 aromatic heterocycles. The van der Waals surface area contributed by atoms with E-state index in [9.17, 15) is 9.59 Å². The molecule has 1 N–H and O–H groups in total. The summed E-state index contributed by atoms with van der Waals surface area (Å²) in [4.78, 5) is 27.5. The van der Waals surface area contributed by atoms with Crippen molar-refractivity contribution in [1.29, 1.82) is 0 Å². The molecule has 1 amide bonds. The van der Waals surface area contributed by atoms with Crippen molar-refractivity contribution in [2.45, 2.75) is 26.1 Å². The van der Waals surface area contributed by atoms with Gasteiger partial charge in [-0.1, -0.05) is 30.3 Å². The summed E-state index contributed by atoms with van der Waals surface area (Å²) < 4.78 is 8.68. The van der Waals surface area contributed by atoms with Gasteiger partial charge in [-0.2, -0.15) is 0 Å². The van der Waals surface area contributed by atoms with Gasteiger partial charge in [-0.3, -0.25) is 13.9 Å². The molecule has 0 saturated heterocycles. The molecule has 0 aliphatic carbocycles. The van der Waals surface area contributed by atoms with Gasteiger partial charge in [0.05, 0.1) is 24.2 Å². The van der Waals surface area contributed by atoms with Crippen LogP contribution in [-0.4, -0.2) is 47.7 Å². The molecule has 1 unspecified atom stereocenters. The smallest absolute Gasteiger partial charge is 0.329 e. The van der Waals surface area contributed by atoms with E-state index in [2.05, 4.69) is 5.32 Å². The minimum absolute atomic E-state index is 0.0155. The normalized spacial score (nSPS) is 12.3. The predicted molar refractivity (Wildman–Crippen MR) is 114 cm³/mol. The fraction of sp³-hybridized carbons (Fsp3) is 0.364. The van der Waals surface area contributed by atoms with Gasteiger partial charge in [-0.15, -0.1) is 0 Å². The molecule has 3 aromatic rings. The van der Waals surface area contributed by atoms with Gasteiger partial charge in [-0.25, -0.2) is 4.79 Å². The van der Waals surface area contributed by atoms with Crippen molar-refractivity contribution in [2.24, 2.45) is 0 Å². The predicted octanol–water partition coefficient (Wildman–Crippen LogP) is 2.25. The number of rotatable bonds is 8. The van der Waals surface area contributed by atoms with E-state index in [1.54, 1.807) is 11.7 Å². The summed E-state index contributed by atoms with van der Waals surface area (Å²) in [6.45, 7) is 2.88. The Morgan fingerprint density at radius 3 is 2.31 bits per heavy atom. The number of benzene rings is 2. The Balaban J connectivity index is 1.78. The van der Waals surface area contributed by atoms with Crippen LogP contribution in [-0.2, 0) is 17.9 Å². The van der Waals surface area contributed by atoms with Crippen LogP contribution in [0.5, 0.6) is 5.75 Å². The Kier molecular flexibility index (Phi) is 6.39. The molecule has 2 aromatic carbocycles. The van der Waals surface area contributed by atoms with Gasteiger partial charge in [0, 0.05) is 18.7 Å². The van der Waals surface area contributed by atoms with Crippen molar-refractivity contribution in [1.82, 2.24) is 19.4 Å². The number of likely N-dealkylation sites (N-methyl/N-ethyl adjacent to an activating group) is 1. The number of imidazole rings is 1. The maximum absolute atomic E-state index is 12.7. The third kappa shape index (κ3) is 4.19.